The van der Waals surface area contributed by atoms with Crippen LogP contribution in [0.5, 0.6) is 0 Å². The van der Waals surface area contributed by atoms with Gasteiger partial charge in [-0.3, -0.25) is 0 Å². The molecule has 0 saturated carbocycles. The lowest BCUT2D eigenvalue weighted by Crippen LogP contribution is -2.43. The van der Waals surface area contributed by atoms with Crippen LogP contribution in [0.3, 0.4) is 0 Å². The Morgan fingerprint density at radius 1 is 0.882 bits per heavy atom. The molecule has 0 amide bonds. The summed E-state index contributed by atoms with van der Waals surface area (Å²) in [5, 5.41) is 16.0. The Kier molecular flexibility index (Phi) is 9.04. The third-order valence-corrected chi connectivity index (χ3v) is 7.77. The largest absolute Gasteiger partial charge is 0.385 e. The van der Waals surface area contributed by atoms with Crippen molar-refractivity contribution in [2.45, 2.75) is 37.2 Å². The zero-order valence-electron chi connectivity index (χ0n) is 19.6. The third kappa shape index (κ3) is 6.84. The summed E-state index contributed by atoms with van der Waals surface area (Å²) in [7, 11) is 0. The first-order chi connectivity index (χ1) is 16.5. The number of hydrogen-bond acceptors (Lipinski definition) is 3. The molecule has 1 aliphatic rings. The van der Waals surface area contributed by atoms with Crippen LogP contribution in [0.1, 0.15) is 41.9 Å². The molecule has 0 bridgehead atoms. The minimum atomic E-state index is -0.708. The predicted octanol–water partition coefficient (Wildman–Crippen LogP) is 6.28. The Bertz CT molecular complexity index is 1020. The van der Waals surface area contributed by atoms with E-state index in [2.05, 4.69) is 46.6 Å². The van der Waals surface area contributed by atoms with Crippen LogP contribution in [-0.4, -0.2) is 42.7 Å². The van der Waals surface area contributed by atoms with Crippen molar-refractivity contribution in [1.82, 2.24) is 10.2 Å². The van der Waals surface area contributed by atoms with Crippen molar-refractivity contribution in [2.75, 3.05) is 32.7 Å². The lowest BCUT2D eigenvalue weighted by molar-refractivity contribution is -0.0263. The van der Waals surface area contributed by atoms with E-state index in [4.69, 9.17) is 23.2 Å². The highest BCUT2D eigenvalue weighted by molar-refractivity contribution is 6.42. The van der Waals surface area contributed by atoms with Gasteiger partial charge in [0.25, 0.3) is 0 Å². The number of likely N-dealkylation sites (tertiary alicyclic amines) is 1. The minimum Gasteiger partial charge on any atom is -0.385 e. The first-order valence-corrected chi connectivity index (χ1v) is 13.0. The molecule has 3 nitrogen and oxygen atoms in total. The monoisotopic (exact) mass is 496 g/mol. The number of aliphatic hydroxyl groups is 1. The molecule has 0 aromatic heterocycles. The van der Waals surface area contributed by atoms with Crippen molar-refractivity contribution in [2.24, 2.45) is 0 Å². The Hall–Kier alpha value is -1.88. The minimum absolute atomic E-state index is 0.348. The van der Waals surface area contributed by atoms with Crippen molar-refractivity contribution in [3.8, 4) is 0 Å². The molecule has 34 heavy (non-hydrogen) atoms. The van der Waals surface area contributed by atoms with Gasteiger partial charge in [0.05, 0.1) is 15.6 Å². The van der Waals surface area contributed by atoms with Crippen LogP contribution in [0.4, 0.5) is 0 Å². The average molecular weight is 498 g/mol. The molecule has 1 unspecified atom stereocenters. The van der Waals surface area contributed by atoms with E-state index in [9.17, 15) is 5.11 Å². The fourth-order valence-electron chi connectivity index (χ4n) is 4.83. The summed E-state index contributed by atoms with van der Waals surface area (Å²) in [6.45, 7) is 4.64. The summed E-state index contributed by atoms with van der Waals surface area (Å²) in [6.07, 6.45) is 3.58. The summed E-state index contributed by atoms with van der Waals surface area (Å²) < 4.78 is 0. The summed E-state index contributed by atoms with van der Waals surface area (Å²) >= 11 is 12.5. The van der Waals surface area contributed by atoms with E-state index in [1.807, 2.05) is 42.5 Å². The van der Waals surface area contributed by atoms with Crippen LogP contribution in [0, 0.1) is 0 Å². The van der Waals surface area contributed by atoms with Crippen molar-refractivity contribution in [3.63, 3.8) is 0 Å². The van der Waals surface area contributed by atoms with Crippen LogP contribution < -0.4 is 5.32 Å². The van der Waals surface area contributed by atoms with Crippen LogP contribution in [-0.2, 0) is 12.0 Å². The van der Waals surface area contributed by atoms with Gasteiger partial charge in [-0.2, -0.15) is 0 Å². The maximum atomic E-state index is 11.1. The molecule has 1 atom stereocenters. The first kappa shape index (κ1) is 25.2. The smallest absolute Gasteiger partial charge is 0.0920 e. The SMILES string of the molecule is OC1(c2ccccc2)CCN(CCC(CNCCc2ccccc2)c2ccc(Cl)c(Cl)c2)CC1. The number of nitrogens with one attached hydrogen (secondary N) is 1. The highest BCUT2D eigenvalue weighted by Gasteiger charge is 2.33. The van der Waals surface area contributed by atoms with Crippen LogP contribution >= 0.6 is 23.2 Å². The predicted molar refractivity (Wildman–Crippen MR) is 143 cm³/mol. The van der Waals surface area contributed by atoms with E-state index in [0.717, 1.165) is 64.0 Å². The molecule has 1 aliphatic heterocycles. The molecule has 1 fully saturated rings. The number of piperidine rings is 1. The van der Waals surface area contributed by atoms with Crippen LogP contribution in [0.15, 0.2) is 78.9 Å². The second kappa shape index (κ2) is 12.2. The molecule has 0 aliphatic carbocycles. The van der Waals surface area contributed by atoms with Crippen molar-refractivity contribution in [3.05, 3.63) is 106 Å². The van der Waals surface area contributed by atoms with Gasteiger partial charge in [-0.25, -0.2) is 0 Å². The van der Waals surface area contributed by atoms with E-state index in [-0.39, 0.29) is 0 Å². The maximum absolute atomic E-state index is 11.1. The van der Waals surface area contributed by atoms with Crippen LogP contribution in [0.2, 0.25) is 10.0 Å². The summed E-state index contributed by atoms with van der Waals surface area (Å²) in [4.78, 5) is 2.48. The lowest BCUT2D eigenvalue weighted by atomic mass is 9.84. The fraction of sp³-hybridized carbons (Fsp3) is 0.379. The number of nitrogens with zero attached hydrogens (tertiary/aromatic N) is 1. The van der Waals surface area contributed by atoms with Gasteiger partial charge in [-0.1, -0.05) is 89.9 Å². The Morgan fingerprint density at radius 2 is 1.56 bits per heavy atom. The zero-order valence-corrected chi connectivity index (χ0v) is 21.1. The van der Waals surface area contributed by atoms with E-state index in [0.29, 0.717) is 16.0 Å². The van der Waals surface area contributed by atoms with Gasteiger partial charge in [0.15, 0.2) is 0 Å². The maximum Gasteiger partial charge on any atom is 0.0920 e. The average Bonchev–Trinajstić information content (AvgIpc) is 2.87. The van der Waals surface area contributed by atoms with E-state index >= 15 is 0 Å². The zero-order chi connectivity index (χ0) is 23.8. The van der Waals surface area contributed by atoms with E-state index in [1.54, 1.807) is 0 Å². The summed E-state index contributed by atoms with van der Waals surface area (Å²) in [5.41, 5.74) is 2.89. The molecule has 1 heterocycles. The number of rotatable bonds is 10. The normalized spacial score (nSPS) is 16.9. The Morgan fingerprint density at radius 3 is 2.24 bits per heavy atom. The van der Waals surface area contributed by atoms with E-state index < -0.39 is 5.60 Å². The lowest BCUT2D eigenvalue weighted by Gasteiger charge is -2.39. The van der Waals surface area contributed by atoms with E-state index in [1.165, 1.54) is 11.1 Å². The topological polar surface area (TPSA) is 35.5 Å². The molecule has 5 heteroatoms. The molecule has 3 aromatic carbocycles. The highest BCUT2D eigenvalue weighted by atomic mass is 35.5. The van der Waals surface area contributed by atoms with Gasteiger partial charge in [-0.15, -0.1) is 0 Å². The molecule has 0 radical (unpaired) electrons. The van der Waals surface area contributed by atoms with Gasteiger partial charge >= 0.3 is 0 Å². The Balaban J connectivity index is 1.32. The standard InChI is InChI=1S/C29H34Cl2N2O/c30-27-12-11-24(21-28(27)31)25(22-32-17-13-23-7-3-1-4-8-23)14-18-33-19-15-29(34,16-20-33)26-9-5-2-6-10-26/h1-12,21,25,32,34H,13-20,22H2. The molecule has 180 valence electrons. The molecule has 0 spiro atoms. The highest BCUT2D eigenvalue weighted by Crippen LogP contribution is 2.33. The summed E-state index contributed by atoms with van der Waals surface area (Å²) in [6, 6.07) is 26.7. The molecule has 1 saturated heterocycles. The molecular weight excluding hydrogens is 463 g/mol. The fourth-order valence-corrected chi connectivity index (χ4v) is 5.14. The number of hydrogen-bond donors (Lipinski definition) is 2. The molecular formula is C29H34Cl2N2O. The van der Waals surface area contributed by atoms with Gasteiger partial charge in [0.1, 0.15) is 0 Å². The molecule has 3 aromatic rings. The third-order valence-electron chi connectivity index (χ3n) is 7.03. The molecule has 2 N–H and O–H groups in total. The molecule has 4 rings (SSSR count). The number of halogens is 2. The quantitative estimate of drug-likeness (QED) is 0.324. The second-order valence-corrected chi connectivity index (χ2v) is 10.2. The van der Waals surface area contributed by atoms with Gasteiger partial charge in [0, 0.05) is 19.6 Å². The second-order valence-electron chi connectivity index (χ2n) is 9.34. The van der Waals surface area contributed by atoms with Crippen LogP contribution in [0.25, 0.3) is 0 Å². The van der Waals surface area contributed by atoms with Crippen molar-refractivity contribution >= 4 is 23.2 Å². The van der Waals surface area contributed by atoms with Crippen molar-refractivity contribution in [1.29, 1.82) is 0 Å². The summed E-state index contributed by atoms with van der Waals surface area (Å²) in [5.74, 6) is 0.348. The van der Waals surface area contributed by atoms with Gasteiger partial charge in [-0.05, 0) is 73.5 Å². The van der Waals surface area contributed by atoms with Crippen molar-refractivity contribution < 1.29 is 5.11 Å². The first-order valence-electron chi connectivity index (χ1n) is 12.2. The van der Waals surface area contributed by atoms with Gasteiger partial charge in [0.2, 0.25) is 0 Å². The number of benzene rings is 3. The van der Waals surface area contributed by atoms with Gasteiger partial charge < -0.3 is 15.3 Å². The Labute approximate surface area is 213 Å².